The molecule has 1 atom stereocenters. The summed E-state index contributed by atoms with van der Waals surface area (Å²) in [6, 6.07) is 27.8. The van der Waals surface area contributed by atoms with Crippen LogP contribution in [0.3, 0.4) is 0 Å². The number of nitrogens with one attached hydrogen (secondary N) is 1. The van der Waals surface area contributed by atoms with Gasteiger partial charge in [0.2, 0.25) is 0 Å². The lowest BCUT2D eigenvalue weighted by atomic mass is 9.98. The number of hydrogen-bond donors (Lipinski definition) is 2. The van der Waals surface area contributed by atoms with E-state index in [-0.39, 0.29) is 24.7 Å². The van der Waals surface area contributed by atoms with E-state index in [1.54, 1.807) is 0 Å². The molecule has 1 amide bonds. The smallest absolute Gasteiger partial charge is 0.407 e. The monoisotopic (exact) mass is 583 g/mol. The number of amides is 1. The van der Waals surface area contributed by atoms with Crippen molar-refractivity contribution in [3.63, 3.8) is 0 Å². The minimum absolute atomic E-state index is 0.0380. The molecule has 0 spiro atoms. The number of carboxylic acid groups (broad SMARTS) is 1. The summed E-state index contributed by atoms with van der Waals surface area (Å²) in [4.78, 5) is 36.5. The molecule has 4 aromatic rings. The summed E-state index contributed by atoms with van der Waals surface area (Å²) in [5, 5.41) is 12.3. The predicted octanol–water partition coefficient (Wildman–Crippen LogP) is 6.85. The fourth-order valence-corrected chi connectivity index (χ4v) is 5.55. The maximum absolute atomic E-state index is 12.7. The fourth-order valence-electron chi connectivity index (χ4n) is 5.03. The van der Waals surface area contributed by atoms with E-state index in [4.69, 9.17) is 4.74 Å². The van der Waals surface area contributed by atoms with Gasteiger partial charge in [-0.15, -0.1) is 0 Å². The molecule has 0 aromatic heterocycles. The summed E-state index contributed by atoms with van der Waals surface area (Å²) >= 11 is 3.40. The van der Waals surface area contributed by atoms with Crippen molar-refractivity contribution in [2.45, 2.75) is 25.3 Å². The topological polar surface area (TPSA) is 92.7 Å². The van der Waals surface area contributed by atoms with Crippen LogP contribution < -0.4 is 5.32 Å². The number of carboxylic acids is 1. The van der Waals surface area contributed by atoms with E-state index in [1.165, 1.54) is 6.92 Å². The average Bonchev–Trinajstić information content (AvgIpc) is 3.25. The van der Waals surface area contributed by atoms with Crippen LogP contribution in [0.2, 0.25) is 0 Å². The van der Waals surface area contributed by atoms with Gasteiger partial charge in [0.25, 0.3) is 0 Å². The second-order valence-corrected chi connectivity index (χ2v) is 10.4. The number of alkyl carbamates (subject to hydrolysis) is 1. The maximum Gasteiger partial charge on any atom is 0.407 e. The Kier molecular flexibility index (Phi) is 7.61. The highest BCUT2D eigenvalue weighted by atomic mass is 79.9. The first-order chi connectivity index (χ1) is 18.8. The molecule has 0 aliphatic heterocycles. The molecule has 0 saturated carbocycles. The van der Waals surface area contributed by atoms with Gasteiger partial charge in [-0.3, -0.25) is 4.79 Å². The van der Waals surface area contributed by atoms with Gasteiger partial charge in [0, 0.05) is 22.4 Å². The summed E-state index contributed by atoms with van der Waals surface area (Å²) in [6.07, 6.45) is -0.675. The van der Waals surface area contributed by atoms with E-state index in [0.29, 0.717) is 5.56 Å². The van der Waals surface area contributed by atoms with Crippen molar-refractivity contribution < 1.29 is 24.2 Å². The number of hydrogen-bond acceptors (Lipinski definition) is 4. The lowest BCUT2D eigenvalue weighted by Gasteiger charge is -2.18. The van der Waals surface area contributed by atoms with Gasteiger partial charge in [-0.25, -0.2) is 9.59 Å². The Labute approximate surface area is 234 Å². The van der Waals surface area contributed by atoms with Crippen LogP contribution in [0.5, 0.6) is 0 Å². The molecule has 5 rings (SSSR count). The molecule has 0 unspecified atom stereocenters. The van der Waals surface area contributed by atoms with Gasteiger partial charge >= 0.3 is 12.1 Å². The number of halogens is 1. The zero-order chi connectivity index (χ0) is 27.5. The Balaban J connectivity index is 1.23. The molecule has 0 fully saturated rings. The second-order valence-electron chi connectivity index (χ2n) is 9.51. The zero-order valence-corrected chi connectivity index (χ0v) is 22.8. The zero-order valence-electron chi connectivity index (χ0n) is 21.2. The van der Waals surface area contributed by atoms with Crippen LogP contribution in [0.4, 0.5) is 4.79 Å². The Morgan fingerprint density at radius 2 is 1.46 bits per heavy atom. The summed E-state index contributed by atoms with van der Waals surface area (Å²) in [5.74, 6) is -1.29. The maximum atomic E-state index is 12.7. The summed E-state index contributed by atoms with van der Waals surface area (Å²) in [6.45, 7) is 1.62. The quantitative estimate of drug-likeness (QED) is 0.221. The number of aliphatic carboxylic acids is 1. The van der Waals surface area contributed by atoms with Crippen LogP contribution in [-0.4, -0.2) is 35.6 Å². The van der Waals surface area contributed by atoms with E-state index < -0.39 is 18.1 Å². The Hall–Kier alpha value is -4.23. The molecule has 7 heteroatoms. The standard InChI is InChI=1S/C32H26BrNO5/c1-19(35)27-17-22(14-15-29(27)33)21-12-10-20(11-13-21)16-30(31(36)37)34-32(38)39-18-28-25-8-4-2-6-23(25)24-7-3-5-9-26(24)28/h2-15,17,28,30H,16,18H2,1H3,(H,34,38)(H,36,37)/t30-/m0/s1. The van der Waals surface area contributed by atoms with Gasteiger partial charge in [-0.2, -0.15) is 0 Å². The van der Waals surface area contributed by atoms with Gasteiger partial charge in [0.1, 0.15) is 12.6 Å². The number of benzene rings is 4. The molecule has 196 valence electrons. The Morgan fingerprint density at radius 1 is 0.872 bits per heavy atom. The molecule has 39 heavy (non-hydrogen) atoms. The summed E-state index contributed by atoms with van der Waals surface area (Å²) in [5.41, 5.74) is 7.52. The summed E-state index contributed by atoms with van der Waals surface area (Å²) in [7, 11) is 0. The van der Waals surface area contributed by atoms with Crippen LogP contribution in [-0.2, 0) is 16.0 Å². The van der Waals surface area contributed by atoms with Gasteiger partial charge in [-0.1, -0.05) is 94.8 Å². The van der Waals surface area contributed by atoms with Crippen LogP contribution >= 0.6 is 15.9 Å². The third kappa shape index (κ3) is 5.64. The van der Waals surface area contributed by atoms with Crippen molar-refractivity contribution in [3.8, 4) is 22.3 Å². The molecule has 0 heterocycles. The number of carbonyl (C=O) groups excluding carboxylic acids is 2. The number of ketones is 1. The van der Waals surface area contributed by atoms with Crippen LogP contribution in [0.1, 0.15) is 39.9 Å². The second kappa shape index (κ2) is 11.3. The third-order valence-corrected chi connectivity index (χ3v) is 7.70. The largest absolute Gasteiger partial charge is 0.480 e. The SMILES string of the molecule is CC(=O)c1cc(-c2ccc(C[C@H](NC(=O)OCC3c4ccccc4-c4ccccc43)C(=O)O)cc2)ccc1Br. The van der Waals surface area contributed by atoms with Crippen molar-refractivity contribution in [2.75, 3.05) is 6.61 Å². The highest BCUT2D eigenvalue weighted by Gasteiger charge is 2.29. The minimum atomic E-state index is -1.15. The number of fused-ring (bicyclic) bond motifs is 3. The molecule has 1 aliphatic carbocycles. The van der Waals surface area contributed by atoms with Crippen LogP contribution in [0.15, 0.2) is 95.5 Å². The fraction of sp³-hybridized carbons (Fsp3) is 0.156. The van der Waals surface area contributed by atoms with E-state index in [9.17, 15) is 19.5 Å². The first-order valence-corrected chi connectivity index (χ1v) is 13.3. The predicted molar refractivity (Wildman–Crippen MR) is 153 cm³/mol. The van der Waals surface area contributed by atoms with Gasteiger partial charge in [0.15, 0.2) is 5.78 Å². The lowest BCUT2D eigenvalue weighted by molar-refractivity contribution is -0.139. The molecule has 6 nitrogen and oxygen atoms in total. The van der Waals surface area contributed by atoms with Gasteiger partial charge in [-0.05, 0) is 58.0 Å². The molecule has 0 radical (unpaired) electrons. The molecule has 1 aliphatic rings. The van der Waals surface area contributed by atoms with E-state index in [0.717, 1.165) is 43.4 Å². The van der Waals surface area contributed by atoms with Crippen LogP contribution in [0, 0.1) is 0 Å². The third-order valence-electron chi connectivity index (χ3n) is 7.01. The Bertz CT molecular complexity index is 1520. The van der Waals surface area contributed by atoms with Gasteiger partial charge in [0.05, 0.1) is 0 Å². The van der Waals surface area contributed by atoms with Crippen molar-refractivity contribution in [1.82, 2.24) is 5.32 Å². The molecule has 4 aromatic carbocycles. The number of carbonyl (C=O) groups is 3. The van der Waals surface area contributed by atoms with Crippen molar-refractivity contribution >= 4 is 33.8 Å². The average molecular weight is 584 g/mol. The van der Waals surface area contributed by atoms with E-state index in [1.807, 2.05) is 78.9 Å². The first-order valence-electron chi connectivity index (χ1n) is 12.6. The van der Waals surface area contributed by atoms with E-state index >= 15 is 0 Å². The van der Waals surface area contributed by atoms with Crippen molar-refractivity contribution in [2.24, 2.45) is 0 Å². The van der Waals surface area contributed by atoms with Crippen LogP contribution in [0.25, 0.3) is 22.3 Å². The number of Topliss-reactive ketones (excluding diaryl/α,β-unsaturated/α-hetero) is 1. The van der Waals surface area contributed by atoms with E-state index in [2.05, 4.69) is 33.4 Å². The van der Waals surface area contributed by atoms with Crippen molar-refractivity contribution in [1.29, 1.82) is 0 Å². The highest BCUT2D eigenvalue weighted by molar-refractivity contribution is 9.10. The Morgan fingerprint density at radius 3 is 2.05 bits per heavy atom. The van der Waals surface area contributed by atoms with Crippen molar-refractivity contribution in [3.05, 3.63) is 118 Å². The minimum Gasteiger partial charge on any atom is -0.480 e. The number of rotatable bonds is 8. The molecule has 2 N–H and O–H groups in total. The molecular weight excluding hydrogens is 558 g/mol. The first kappa shape index (κ1) is 26.4. The lowest BCUT2D eigenvalue weighted by Crippen LogP contribution is -2.42. The highest BCUT2D eigenvalue weighted by Crippen LogP contribution is 2.44. The normalized spacial score (nSPS) is 12.8. The number of ether oxygens (including phenoxy) is 1. The molecular formula is C32H26BrNO5. The van der Waals surface area contributed by atoms with Gasteiger partial charge < -0.3 is 15.2 Å². The summed E-state index contributed by atoms with van der Waals surface area (Å²) < 4.78 is 6.27. The molecule has 0 bridgehead atoms. The molecule has 0 saturated heterocycles.